The first kappa shape index (κ1) is 16.4. The Bertz CT molecular complexity index is 969. The maximum Gasteiger partial charge on any atom is 0.146 e. The molecule has 2 N–H and O–H groups in total. The number of aldehydes is 1. The van der Waals surface area contributed by atoms with E-state index in [4.69, 9.17) is 11.6 Å². The van der Waals surface area contributed by atoms with Crippen LogP contribution in [-0.2, 0) is 4.79 Å². The summed E-state index contributed by atoms with van der Waals surface area (Å²) in [5.74, 6) is 0.665. The second-order valence-corrected chi connectivity index (χ2v) is 6.40. The minimum atomic E-state index is -0.457. The third-order valence-corrected chi connectivity index (χ3v) is 4.57. The molecule has 3 aromatic rings. The van der Waals surface area contributed by atoms with Gasteiger partial charge in [0.25, 0.3) is 0 Å². The number of carbonyl (C=O) groups is 1. The van der Waals surface area contributed by atoms with Gasteiger partial charge in [-0.15, -0.1) is 0 Å². The lowest BCUT2D eigenvalue weighted by Gasteiger charge is -2.24. The minimum Gasteiger partial charge on any atom is -0.378 e. The predicted molar refractivity (Wildman–Crippen MR) is 105 cm³/mol. The first-order valence-electron chi connectivity index (χ1n) is 8.25. The average molecular weight is 362 g/mol. The highest BCUT2D eigenvalue weighted by Crippen LogP contribution is 2.36. The van der Waals surface area contributed by atoms with E-state index in [0.29, 0.717) is 10.8 Å². The number of benzene rings is 2. The van der Waals surface area contributed by atoms with Crippen molar-refractivity contribution >= 4 is 35.5 Å². The summed E-state index contributed by atoms with van der Waals surface area (Å²) in [4.78, 5) is 16.3. The predicted octanol–water partition coefficient (Wildman–Crippen LogP) is 4.96. The largest absolute Gasteiger partial charge is 0.378 e. The molecule has 5 heteroatoms. The smallest absolute Gasteiger partial charge is 0.146 e. The molecule has 1 aliphatic rings. The summed E-state index contributed by atoms with van der Waals surface area (Å²) in [7, 11) is 0. The molecule has 1 aromatic heterocycles. The van der Waals surface area contributed by atoms with Gasteiger partial charge in [-0.2, -0.15) is 0 Å². The van der Waals surface area contributed by atoms with Gasteiger partial charge in [0.05, 0.1) is 0 Å². The topological polar surface area (TPSA) is 54.0 Å². The number of aromatic nitrogens is 1. The summed E-state index contributed by atoms with van der Waals surface area (Å²) in [5.41, 5.74) is 4.68. The Hall–Kier alpha value is -3.11. The van der Waals surface area contributed by atoms with Gasteiger partial charge in [0, 0.05) is 28.0 Å². The molecule has 4 rings (SSSR count). The van der Waals surface area contributed by atoms with Crippen molar-refractivity contribution in [1.29, 1.82) is 0 Å². The Morgan fingerprint density at radius 1 is 1.08 bits per heavy atom. The SMILES string of the molecule is O=CC1NC=Cc2c(-c3ccc(Cl)cc3)cnc(Nc3ccccc3)c21. The first-order chi connectivity index (χ1) is 12.8. The van der Waals surface area contributed by atoms with Crippen LogP contribution in [0.1, 0.15) is 17.2 Å². The van der Waals surface area contributed by atoms with E-state index in [1.807, 2.05) is 66.9 Å². The van der Waals surface area contributed by atoms with Crippen LogP contribution in [0.4, 0.5) is 11.5 Å². The Labute approximate surface area is 156 Å². The van der Waals surface area contributed by atoms with Crippen molar-refractivity contribution in [3.05, 3.63) is 83.1 Å². The van der Waals surface area contributed by atoms with Crippen LogP contribution in [-0.4, -0.2) is 11.3 Å². The second kappa shape index (κ2) is 7.02. The number of halogens is 1. The maximum absolute atomic E-state index is 11.7. The zero-order chi connectivity index (χ0) is 17.9. The number of nitrogens with one attached hydrogen (secondary N) is 2. The van der Waals surface area contributed by atoms with Crippen molar-refractivity contribution < 1.29 is 4.79 Å². The van der Waals surface area contributed by atoms with Crippen molar-refractivity contribution in [2.75, 3.05) is 5.32 Å². The normalized spacial score (nSPS) is 15.0. The molecular formula is C21H16ClN3O. The van der Waals surface area contributed by atoms with E-state index in [-0.39, 0.29) is 0 Å². The number of para-hydroxylation sites is 1. The Kier molecular flexibility index (Phi) is 4.42. The lowest BCUT2D eigenvalue weighted by Crippen LogP contribution is -2.23. The lowest BCUT2D eigenvalue weighted by molar-refractivity contribution is -0.109. The number of pyridine rings is 1. The standard InChI is InChI=1S/C21H16ClN3O/c22-15-8-6-14(7-9-15)18-12-24-21(25-16-4-2-1-3-5-16)20-17(18)10-11-23-19(20)13-26/h1-13,19,23H,(H,24,25). The monoisotopic (exact) mass is 361 g/mol. The van der Waals surface area contributed by atoms with E-state index < -0.39 is 6.04 Å². The molecule has 0 bridgehead atoms. The average Bonchev–Trinajstić information content (AvgIpc) is 2.69. The molecule has 4 nitrogen and oxygen atoms in total. The highest BCUT2D eigenvalue weighted by molar-refractivity contribution is 6.30. The molecule has 2 heterocycles. The summed E-state index contributed by atoms with van der Waals surface area (Å²) in [6, 6.07) is 16.9. The number of nitrogens with zero attached hydrogens (tertiary/aromatic N) is 1. The van der Waals surface area contributed by atoms with Crippen LogP contribution in [0.2, 0.25) is 5.02 Å². The number of carbonyl (C=O) groups excluding carboxylic acids is 1. The summed E-state index contributed by atoms with van der Waals surface area (Å²) in [5, 5.41) is 7.09. The van der Waals surface area contributed by atoms with E-state index >= 15 is 0 Å². The summed E-state index contributed by atoms with van der Waals surface area (Å²) >= 11 is 6.01. The molecule has 0 aliphatic carbocycles. The fourth-order valence-electron chi connectivity index (χ4n) is 3.08. The third-order valence-electron chi connectivity index (χ3n) is 4.32. The number of hydrogen-bond acceptors (Lipinski definition) is 4. The molecule has 0 amide bonds. The van der Waals surface area contributed by atoms with E-state index in [1.165, 1.54) is 0 Å². The molecule has 0 saturated heterocycles. The molecule has 1 aliphatic heterocycles. The Morgan fingerprint density at radius 2 is 1.85 bits per heavy atom. The minimum absolute atomic E-state index is 0.457. The molecule has 2 aromatic carbocycles. The third kappa shape index (κ3) is 3.07. The van der Waals surface area contributed by atoms with Gasteiger partial charge in [-0.25, -0.2) is 4.98 Å². The zero-order valence-electron chi connectivity index (χ0n) is 13.8. The van der Waals surface area contributed by atoms with E-state index in [1.54, 1.807) is 6.20 Å². The first-order valence-corrected chi connectivity index (χ1v) is 8.63. The van der Waals surface area contributed by atoms with Gasteiger partial charge >= 0.3 is 0 Å². The fraction of sp³-hybridized carbons (Fsp3) is 0.0476. The molecule has 1 atom stereocenters. The lowest BCUT2D eigenvalue weighted by atomic mass is 9.92. The van der Waals surface area contributed by atoms with Crippen LogP contribution in [0.15, 0.2) is 67.0 Å². The van der Waals surface area contributed by atoms with Crippen LogP contribution in [0.25, 0.3) is 17.2 Å². The second-order valence-electron chi connectivity index (χ2n) is 5.96. The molecule has 0 spiro atoms. The molecular weight excluding hydrogens is 346 g/mol. The van der Waals surface area contributed by atoms with Crippen LogP contribution in [0, 0.1) is 0 Å². The van der Waals surface area contributed by atoms with Gasteiger partial charge in [0.2, 0.25) is 0 Å². The van der Waals surface area contributed by atoms with Gasteiger partial charge in [0.15, 0.2) is 0 Å². The van der Waals surface area contributed by atoms with Crippen molar-refractivity contribution in [2.24, 2.45) is 0 Å². The van der Waals surface area contributed by atoms with Crippen LogP contribution < -0.4 is 10.6 Å². The highest BCUT2D eigenvalue weighted by Gasteiger charge is 2.24. The Morgan fingerprint density at radius 3 is 2.58 bits per heavy atom. The van der Waals surface area contributed by atoms with Crippen LogP contribution in [0.5, 0.6) is 0 Å². The van der Waals surface area contributed by atoms with Crippen LogP contribution in [0.3, 0.4) is 0 Å². The zero-order valence-corrected chi connectivity index (χ0v) is 14.6. The number of anilines is 2. The van der Waals surface area contributed by atoms with Gasteiger partial charge in [-0.1, -0.05) is 41.9 Å². The number of rotatable bonds is 4. The van der Waals surface area contributed by atoms with Crippen molar-refractivity contribution in [1.82, 2.24) is 10.3 Å². The van der Waals surface area contributed by atoms with Crippen molar-refractivity contribution in [2.45, 2.75) is 6.04 Å². The van der Waals surface area contributed by atoms with E-state index in [2.05, 4.69) is 15.6 Å². The van der Waals surface area contributed by atoms with Crippen molar-refractivity contribution in [3.8, 4) is 11.1 Å². The molecule has 0 fully saturated rings. The van der Waals surface area contributed by atoms with Crippen LogP contribution >= 0.6 is 11.6 Å². The van der Waals surface area contributed by atoms with Gasteiger partial charge in [-0.05, 0) is 47.7 Å². The van der Waals surface area contributed by atoms with Crippen molar-refractivity contribution in [3.63, 3.8) is 0 Å². The van der Waals surface area contributed by atoms with E-state index in [0.717, 1.165) is 34.2 Å². The molecule has 0 radical (unpaired) electrons. The summed E-state index contributed by atoms with van der Waals surface area (Å²) < 4.78 is 0. The van der Waals surface area contributed by atoms with Gasteiger partial charge < -0.3 is 15.4 Å². The molecule has 0 saturated carbocycles. The Balaban J connectivity index is 1.86. The maximum atomic E-state index is 11.7. The summed E-state index contributed by atoms with van der Waals surface area (Å²) in [6.45, 7) is 0. The highest BCUT2D eigenvalue weighted by atomic mass is 35.5. The number of fused-ring (bicyclic) bond motifs is 1. The molecule has 1 unspecified atom stereocenters. The molecule has 26 heavy (non-hydrogen) atoms. The number of hydrogen-bond donors (Lipinski definition) is 2. The summed E-state index contributed by atoms with van der Waals surface area (Å²) in [6.07, 6.45) is 6.49. The van der Waals surface area contributed by atoms with Gasteiger partial charge in [-0.3, -0.25) is 0 Å². The molecule has 128 valence electrons. The fourth-order valence-corrected chi connectivity index (χ4v) is 3.20. The van der Waals surface area contributed by atoms with Gasteiger partial charge in [0.1, 0.15) is 18.1 Å². The quantitative estimate of drug-likeness (QED) is 0.645. The van der Waals surface area contributed by atoms with E-state index in [9.17, 15) is 4.79 Å².